The summed E-state index contributed by atoms with van der Waals surface area (Å²) in [7, 11) is 0. The average Bonchev–Trinajstić information content (AvgIpc) is 3.11. The monoisotopic (exact) mass is 393 g/mol. The van der Waals surface area contributed by atoms with Crippen LogP contribution in [0.2, 0.25) is 0 Å². The molecule has 1 amide bonds. The molecule has 8 heteroatoms. The topological polar surface area (TPSA) is 72.2 Å². The predicted octanol–water partition coefficient (Wildman–Crippen LogP) is 3.97. The predicted molar refractivity (Wildman–Crippen MR) is 107 cm³/mol. The Balaban J connectivity index is 1.51. The number of aryl methyl sites for hydroxylation is 1. The smallest absolute Gasteiger partial charge is 0.234 e. The third kappa shape index (κ3) is 3.86. The Kier molecular flexibility index (Phi) is 5.03. The lowest BCUT2D eigenvalue weighted by molar-refractivity contribution is -0.113. The number of carbonyl (C=O) groups excluding carboxylic acids is 1. The van der Waals surface area contributed by atoms with Crippen LogP contribution in [0.15, 0.2) is 65.8 Å². The molecular formula is C20H16FN5OS. The Hall–Kier alpha value is -3.26. The van der Waals surface area contributed by atoms with Crippen LogP contribution < -0.4 is 5.32 Å². The third-order valence-corrected chi connectivity index (χ3v) is 4.98. The molecule has 2 heterocycles. The number of aromatic nitrogens is 4. The molecule has 4 aromatic rings. The quantitative estimate of drug-likeness (QED) is 0.520. The van der Waals surface area contributed by atoms with Crippen LogP contribution in [0, 0.1) is 12.7 Å². The Morgan fingerprint density at radius 1 is 1.07 bits per heavy atom. The number of para-hydroxylation sites is 1. The van der Waals surface area contributed by atoms with Crippen LogP contribution in [0.25, 0.3) is 16.9 Å². The van der Waals surface area contributed by atoms with Gasteiger partial charge in [-0.25, -0.2) is 4.39 Å². The lowest BCUT2D eigenvalue weighted by atomic mass is 10.1. The van der Waals surface area contributed by atoms with Gasteiger partial charge in [-0.3, -0.25) is 4.79 Å². The first-order valence-corrected chi connectivity index (χ1v) is 9.55. The molecule has 0 unspecified atom stereocenters. The van der Waals surface area contributed by atoms with Gasteiger partial charge in [0.25, 0.3) is 0 Å². The minimum absolute atomic E-state index is 0.0611. The molecule has 0 aliphatic rings. The maximum absolute atomic E-state index is 13.6. The fourth-order valence-corrected chi connectivity index (χ4v) is 3.30. The molecule has 0 atom stereocenters. The maximum atomic E-state index is 13.6. The molecule has 0 saturated carbocycles. The van der Waals surface area contributed by atoms with Crippen LogP contribution in [0.3, 0.4) is 0 Å². The van der Waals surface area contributed by atoms with E-state index in [1.165, 1.54) is 29.5 Å². The summed E-state index contributed by atoms with van der Waals surface area (Å²) in [4.78, 5) is 12.1. The standard InChI is InChI=1S/C20H16FN5OS/c1-13-6-8-14(9-7-13)16-10-11-18-23-24-20(26(18)25-16)28-12-19(27)22-17-5-3-2-4-15(17)21/h2-11H,12H2,1H3,(H,22,27). The summed E-state index contributed by atoms with van der Waals surface area (Å²) in [5.74, 6) is -0.745. The van der Waals surface area contributed by atoms with Crippen LogP contribution >= 0.6 is 11.8 Å². The molecule has 0 bridgehead atoms. The second-order valence-corrected chi connectivity index (χ2v) is 7.10. The summed E-state index contributed by atoms with van der Waals surface area (Å²) < 4.78 is 15.3. The van der Waals surface area contributed by atoms with Gasteiger partial charge in [0.1, 0.15) is 5.82 Å². The zero-order chi connectivity index (χ0) is 19.5. The normalized spacial score (nSPS) is 10.9. The van der Waals surface area contributed by atoms with Crippen molar-refractivity contribution in [3.63, 3.8) is 0 Å². The third-order valence-electron chi connectivity index (χ3n) is 4.06. The lowest BCUT2D eigenvalue weighted by Gasteiger charge is -2.06. The second-order valence-electron chi connectivity index (χ2n) is 6.15. The highest BCUT2D eigenvalue weighted by molar-refractivity contribution is 7.99. The van der Waals surface area contributed by atoms with Crippen molar-refractivity contribution in [2.75, 3.05) is 11.1 Å². The van der Waals surface area contributed by atoms with Gasteiger partial charge in [0.05, 0.1) is 17.1 Å². The molecular weight excluding hydrogens is 377 g/mol. The molecule has 28 heavy (non-hydrogen) atoms. The van der Waals surface area contributed by atoms with E-state index in [9.17, 15) is 9.18 Å². The highest BCUT2D eigenvalue weighted by Gasteiger charge is 2.12. The molecule has 1 N–H and O–H groups in total. The lowest BCUT2D eigenvalue weighted by Crippen LogP contribution is -2.15. The molecule has 4 rings (SSSR count). The number of hydrogen-bond donors (Lipinski definition) is 1. The van der Waals surface area contributed by atoms with Gasteiger partial charge in [0.15, 0.2) is 5.65 Å². The molecule has 140 valence electrons. The SMILES string of the molecule is Cc1ccc(-c2ccc3nnc(SCC(=O)Nc4ccccc4F)n3n2)cc1. The maximum Gasteiger partial charge on any atom is 0.234 e. The number of nitrogens with zero attached hydrogens (tertiary/aromatic N) is 4. The fourth-order valence-electron chi connectivity index (χ4n) is 2.62. The Morgan fingerprint density at radius 2 is 1.86 bits per heavy atom. The van der Waals surface area contributed by atoms with Crippen molar-refractivity contribution in [1.82, 2.24) is 19.8 Å². The molecule has 0 saturated heterocycles. The summed E-state index contributed by atoms with van der Waals surface area (Å²) in [5, 5.41) is 15.8. The van der Waals surface area contributed by atoms with Crippen LogP contribution in [0.1, 0.15) is 5.56 Å². The fraction of sp³-hybridized carbons (Fsp3) is 0.100. The largest absolute Gasteiger partial charge is 0.323 e. The number of hydrogen-bond acceptors (Lipinski definition) is 5. The number of nitrogens with one attached hydrogen (secondary N) is 1. The van der Waals surface area contributed by atoms with Gasteiger partial charge in [-0.05, 0) is 31.2 Å². The van der Waals surface area contributed by atoms with Crippen molar-refractivity contribution in [1.29, 1.82) is 0 Å². The van der Waals surface area contributed by atoms with Crippen LogP contribution in [-0.2, 0) is 4.79 Å². The van der Waals surface area contributed by atoms with Crippen molar-refractivity contribution >= 4 is 29.0 Å². The van der Waals surface area contributed by atoms with E-state index in [1.807, 2.05) is 43.3 Å². The van der Waals surface area contributed by atoms with Gasteiger partial charge in [-0.15, -0.1) is 10.2 Å². The van der Waals surface area contributed by atoms with Crippen LogP contribution in [-0.4, -0.2) is 31.5 Å². The zero-order valence-electron chi connectivity index (χ0n) is 15.0. The van der Waals surface area contributed by atoms with E-state index in [0.29, 0.717) is 10.8 Å². The number of amides is 1. The van der Waals surface area contributed by atoms with E-state index in [1.54, 1.807) is 16.6 Å². The first-order chi connectivity index (χ1) is 13.6. The molecule has 0 aliphatic heterocycles. The van der Waals surface area contributed by atoms with E-state index in [2.05, 4.69) is 20.6 Å². The molecule has 6 nitrogen and oxygen atoms in total. The molecule has 2 aromatic heterocycles. The van der Waals surface area contributed by atoms with Crippen LogP contribution in [0.4, 0.5) is 10.1 Å². The molecule has 0 spiro atoms. The summed E-state index contributed by atoms with van der Waals surface area (Å²) in [6.45, 7) is 2.03. The molecule has 0 aliphatic carbocycles. The first-order valence-electron chi connectivity index (χ1n) is 8.57. The molecule has 2 aromatic carbocycles. The second kappa shape index (κ2) is 7.77. The summed E-state index contributed by atoms with van der Waals surface area (Å²) >= 11 is 1.19. The van der Waals surface area contributed by atoms with Crippen molar-refractivity contribution in [3.8, 4) is 11.3 Å². The highest BCUT2D eigenvalue weighted by Crippen LogP contribution is 2.21. The van der Waals surface area contributed by atoms with Gasteiger partial charge >= 0.3 is 0 Å². The number of rotatable bonds is 5. The summed E-state index contributed by atoms with van der Waals surface area (Å²) in [5.41, 5.74) is 3.68. The first kappa shape index (κ1) is 18.1. The Bertz CT molecular complexity index is 1140. The van der Waals surface area contributed by atoms with Crippen molar-refractivity contribution < 1.29 is 9.18 Å². The van der Waals surface area contributed by atoms with E-state index >= 15 is 0 Å². The van der Waals surface area contributed by atoms with Crippen molar-refractivity contribution in [3.05, 3.63) is 72.0 Å². The Morgan fingerprint density at radius 3 is 2.64 bits per heavy atom. The van der Waals surface area contributed by atoms with Crippen molar-refractivity contribution in [2.24, 2.45) is 0 Å². The molecule has 0 radical (unpaired) electrons. The van der Waals surface area contributed by atoms with E-state index in [0.717, 1.165) is 11.3 Å². The number of thioether (sulfide) groups is 1. The van der Waals surface area contributed by atoms with Gasteiger partial charge in [-0.1, -0.05) is 53.7 Å². The minimum atomic E-state index is -0.474. The van der Waals surface area contributed by atoms with E-state index in [-0.39, 0.29) is 17.3 Å². The van der Waals surface area contributed by atoms with E-state index in [4.69, 9.17) is 0 Å². The zero-order valence-corrected chi connectivity index (χ0v) is 15.8. The minimum Gasteiger partial charge on any atom is -0.323 e. The summed E-state index contributed by atoms with van der Waals surface area (Å²) in [6.07, 6.45) is 0. The number of fused-ring (bicyclic) bond motifs is 1. The number of carbonyl (C=O) groups is 1. The molecule has 0 fully saturated rings. The van der Waals surface area contributed by atoms with Crippen molar-refractivity contribution in [2.45, 2.75) is 12.1 Å². The van der Waals surface area contributed by atoms with Gasteiger partial charge < -0.3 is 5.32 Å². The van der Waals surface area contributed by atoms with E-state index < -0.39 is 5.82 Å². The number of halogens is 1. The average molecular weight is 393 g/mol. The van der Waals surface area contributed by atoms with Gasteiger partial charge in [-0.2, -0.15) is 9.61 Å². The number of benzene rings is 2. The van der Waals surface area contributed by atoms with Gasteiger partial charge in [0, 0.05) is 5.56 Å². The Labute approximate surface area is 164 Å². The highest BCUT2D eigenvalue weighted by atomic mass is 32.2. The number of anilines is 1. The summed E-state index contributed by atoms with van der Waals surface area (Å²) in [6, 6.07) is 17.8. The van der Waals surface area contributed by atoms with Crippen LogP contribution in [0.5, 0.6) is 0 Å². The van der Waals surface area contributed by atoms with Gasteiger partial charge in [0.2, 0.25) is 11.1 Å².